The van der Waals surface area contributed by atoms with Gasteiger partial charge in [-0.15, -0.1) is 0 Å². The lowest BCUT2D eigenvalue weighted by Crippen LogP contribution is -2.14. The Labute approximate surface area is 103 Å². The lowest BCUT2D eigenvalue weighted by molar-refractivity contribution is -0.141. The fourth-order valence-electron chi connectivity index (χ4n) is 1.33. The van der Waals surface area contributed by atoms with Crippen LogP contribution in [0.2, 0.25) is 0 Å². The van der Waals surface area contributed by atoms with Crippen molar-refractivity contribution in [2.45, 2.75) is 11.3 Å². The fourth-order valence-corrected chi connectivity index (χ4v) is 1.78. The second-order valence-corrected chi connectivity index (χ2v) is 4.75. The molecule has 0 bridgehead atoms. The number of nitrogens with zero attached hydrogens (tertiary/aromatic N) is 2. The number of hydrogen-bond donors (Lipinski definition) is 1. The quantitative estimate of drug-likeness (QED) is 0.675. The Morgan fingerprint density at radius 1 is 1.33 bits per heavy atom. The molecular weight excluding hydrogens is 267 g/mol. The van der Waals surface area contributed by atoms with E-state index >= 15 is 0 Å². The highest BCUT2D eigenvalue weighted by molar-refractivity contribution is 7.90. The molecule has 2 aromatic rings. The minimum atomic E-state index is -4.60. The molecule has 0 amide bonds. The summed E-state index contributed by atoms with van der Waals surface area (Å²) >= 11 is -1.68. The van der Waals surface area contributed by atoms with Gasteiger partial charge in [-0.25, -0.2) is 0 Å². The Balaban J connectivity index is 2.57. The second kappa shape index (κ2) is 4.62. The number of rotatable bonds is 2. The van der Waals surface area contributed by atoms with Gasteiger partial charge in [0.25, 0.3) is 0 Å². The lowest BCUT2D eigenvalue weighted by atomic mass is 10.2. The van der Waals surface area contributed by atoms with Crippen LogP contribution in [0.4, 0.5) is 13.2 Å². The van der Waals surface area contributed by atoms with Crippen LogP contribution in [0, 0.1) is 0 Å². The van der Waals surface area contributed by atoms with Gasteiger partial charge in [0, 0.05) is 29.1 Å². The highest BCUT2D eigenvalue weighted by Crippen LogP contribution is 2.30. The van der Waals surface area contributed by atoms with Gasteiger partial charge in [-0.3, -0.25) is 0 Å². The van der Waals surface area contributed by atoms with Gasteiger partial charge in [0.05, 0.1) is 5.69 Å². The Kier molecular flexibility index (Phi) is 3.31. The van der Waals surface area contributed by atoms with Gasteiger partial charge in [0.15, 0.2) is 5.69 Å². The summed E-state index contributed by atoms with van der Waals surface area (Å²) in [6.45, 7) is 0. The van der Waals surface area contributed by atoms with E-state index < -0.39 is 23.0 Å². The molecule has 2 heterocycles. The first-order chi connectivity index (χ1) is 8.38. The third kappa shape index (κ3) is 2.65. The van der Waals surface area contributed by atoms with Crippen LogP contribution in [-0.4, -0.2) is 25.8 Å². The summed E-state index contributed by atoms with van der Waals surface area (Å²) in [5.41, 5.74) is -0.530. The molecule has 1 unspecified atom stereocenters. The van der Waals surface area contributed by atoms with Gasteiger partial charge >= 0.3 is 11.3 Å². The van der Waals surface area contributed by atoms with E-state index in [9.17, 15) is 17.7 Å². The smallest absolute Gasteiger partial charge is 0.433 e. The number of aromatic nitrogens is 3. The molecule has 0 aliphatic rings. The average molecular weight is 275 g/mol. The van der Waals surface area contributed by atoms with Crippen LogP contribution in [0.3, 0.4) is 0 Å². The Morgan fingerprint density at radius 2 is 2.06 bits per heavy atom. The molecular formula is C10H8F3N3OS. The van der Waals surface area contributed by atoms with E-state index in [1.54, 1.807) is 12.3 Å². The minimum absolute atomic E-state index is 0.0868. The summed E-state index contributed by atoms with van der Waals surface area (Å²) in [4.78, 5) is 9.84. The lowest BCUT2D eigenvalue weighted by Gasteiger charge is -2.09. The van der Waals surface area contributed by atoms with Crippen molar-refractivity contribution in [3.8, 4) is 11.3 Å². The highest BCUT2D eigenvalue weighted by atomic mass is 32.2. The Hall–Kier alpha value is -1.54. The molecule has 1 N–H and O–H groups in total. The van der Waals surface area contributed by atoms with Gasteiger partial charge < -0.3 is 9.54 Å². The average Bonchev–Trinajstić information content (AvgIpc) is 2.80. The molecule has 18 heavy (non-hydrogen) atoms. The first-order valence-corrected chi connectivity index (χ1v) is 6.36. The van der Waals surface area contributed by atoms with Crippen molar-refractivity contribution in [2.75, 3.05) is 6.26 Å². The highest BCUT2D eigenvalue weighted by Gasteiger charge is 2.35. The summed E-state index contributed by atoms with van der Waals surface area (Å²) in [7, 11) is 0. The summed E-state index contributed by atoms with van der Waals surface area (Å²) in [6.07, 6.45) is -0.295. The van der Waals surface area contributed by atoms with E-state index in [4.69, 9.17) is 0 Å². The predicted octanol–water partition coefficient (Wildman–Crippen LogP) is 2.23. The standard InChI is InChI=1S/C10H8F3N3OS/c1-18(17)9-15-7(6-2-3-14-5-6)4-8(16-9)10(11,12)13/h2-5,14H,1H3. The van der Waals surface area contributed by atoms with Crippen LogP contribution < -0.4 is 0 Å². The molecule has 2 aromatic heterocycles. The maximum Gasteiger partial charge on any atom is 0.433 e. The largest absolute Gasteiger partial charge is 0.609 e. The second-order valence-electron chi connectivity index (χ2n) is 3.47. The van der Waals surface area contributed by atoms with Crippen LogP contribution in [-0.2, 0) is 17.4 Å². The van der Waals surface area contributed by atoms with Crippen LogP contribution in [0.1, 0.15) is 5.69 Å². The maximum atomic E-state index is 12.7. The van der Waals surface area contributed by atoms with Gasteiger partial charge in [0.1, 0.15) is 6.26 Å². The van der Waals surface area contributed by atoms with E-state index in [1.165, 1.54) is 12.5 Å². The molecule has 2 rings (SSSR count). The predicted molar refractivity (Wildman–Crippen MR) is 59.2 cm³/mol. The summed E-state index contributed by atoms with van der Waals surface area (Å²) in [5.74, 6) is 0. The summed E-state index contributed by atoms with van der Waals surface area (Å²) < 4.78 is 49.2. The Morgan fingerprint density at radius 3 is 2.56 bits per heavy atom. The van der Waals surface area contributed by atoms with Crippen molar-refractivity contribution in [3.63, 3.8) is 0 Å². The molecule has 0 saturated carbocycles. The molecule has 4 nitrogen and oxygen atoms in total. The topological polar surface area (TPSA) is 64.6 Å². The van der Waals surface area contributed by atoms with E-state index in [0.29, 0.717) is 5.56 Å². The van der Waals surface area contributed by atoms with Crippen molar-refractivity contribution in [1.82, 2.24) is 15.0 Å². The molecule has 8 heteroatoms. The van der Waals surface area contributed by atoms with Crippen LogP contribution in [0.25, 0.3) is 11.3 Å². The minimum Gasteiger partial charge on any atom is -0.609 e. The van der Waals surface area contributed by atoms with Crippen molar-refractivity contribution >= 4 is 11.2 Å². The van der Waals surface area contributed by atoms with Crippen molar-refractivity contribution < 1.29 is 17.7 Å². The van der Waals surface area contributed by atoms with Crippen molar-refractivity contribution in [1.29, 1.82) is 0 Å². The van der Waals surface area contributed by atoms with Gasteiger partial charge in [-0.05, 0) is 12.1 Å². The third-order valence-electron chi connectivity index (χ3n) is 2.15. The molecule has 0 aliphatic heterocycles. The normalized spacial score (nSPS) is 13.6. The molecule has 1 atom stereocenters. The summed E-state index contributed by atoms with van der Waals surface area (Å²) in [6, 6.07) is 2.41. The number of halogens is 3. The van der Waals surface area contributed by atoms with E-state index in [1.807, 2.05) is 0 Å². The number of aromatic amines is 1. The summed E-state index contributed by atoms with van der Waals surface area (Å²) in [5, 5.41) is -0.332. The first kappa shape index (κ1) is 12.9. The van der Waals surface area contributed by atoms with Crippen molar-refractivity contribution in [2.24, 2.45) is 0 Å². The molecule has 0 fully saturated rings. The van der Waals surface area contributed by atoms with E-state index in [0.717, 1.165) is 6.07 Å². The van der Waals surface area contributed by atoms with Gasteiger partial charge in [0.2, 0.25) is 0 Å². The third-order valence-corrected chi connectivity index (χ3v) is 2.84. The zero-order chi connectivity index (χ0) is 13.3. The SMILES string of the molecule is C[S+]([O-])c1nc(-c2cc[nH]c2)cc(C(F)(F)F)n1. The first-order valence-electron chi connectivity index (χ1n) is 4.81. The molecule has 0 spiro atoms. The maximum absolute atomic E-state index is 12.7. The van der Waals surface area contributed by atoms with Gasteiger partial charge in [-0.1, -0.05) is 0 Å². The van der Waals surface area contributed by atoms with Gasteiger partial charge in [-0.2, -0.15) is 23.1 Å². The molecule has 0 radical (unpaired) electrons. The monoisotopic (exact) mass is 275 g/mol. The van der Waals surface area contributed by atoms with Crippen LogP contribution >= 0.6 is 0 Å². The van der Waals surface area contributed by atoms with E-state index in [2.05, 4.69) is 15.0 Å². The van der Waals surface area contributed by atoms with Crippen LogP contribution in [0.5, 0.6) is 0 Å². The van der Waals surface area contributed by atoms with Crippen molar-refractivity contribution in [3.05, 3.63) is 30.2 Å². The molecule has 0 aromatic carbocycles. The van der Waals surface area contributed by atoms with E-state index in [-0.39, 0.29) is 10.9 Å². The fraction of sp³-hybridized carbons (Fsp3) is 0.200. The zero-order valence-corrected chi connectivity index (χ0v) is 9.97. The van der Waals surface area contributed by atoms with Crippen LogP contribution in [0.15, 0.2) is 29.7 Å². The molecule has 96 valence electrons. The number of hydrogen-bond acceptors (Lipinski definition) is 3. The zero-order valence-electron chi connectivity index (χ0n) is 9.15. The number of alkyl halides is 3. The molecule has 0 aliphatic carbocycles. The Bertz CT molecular complexity index is 540. The number of H-pyrrole nitrogens is 1. The number of nitrogens with one attached hydrogen (secondary N) is 1. The molecule has 0 saturated heterocycles.